The Bertz CT molecular complexity index is 619. The summed E-state index contributed by atoms with van der Waals surface area (Å²) in [5.74, 6) is 0.456. The summed E-state index contributed by atoms with van der Waals surface area (Å²) in [7, 11) is 0. The average Bonchev–Trinajstić information content (AvgIpc) is 3.11. The maximum atomic E-state index is 11.3. The van der Waals surface area contributed by atoms with Gasteiger partial charge in [0.15, 0.2) is 5.51 Å². The first-order chi connectivity index (χ1) is 11.7. The summed E-state index contributed by atoms with van der Waals surface area (Å²) in [6.07, 6.45) is 8.14. The van der Waals surface area contributed by atoms with Crippen molar-refractivity contribution in [2.75, 3.05) is 18.0 Å². The lowest BCUT2D eigenvalue weighted by atomic mass is 10.1. The second-order valence-electron chi connectivity index (χ2n) is 5.68. The van der Waals surface area contributed by atoms with Crippen molar-refractivity contribution >= 4 is 22.8 Å². The first kappa shape index (κ1) is 18.3. The topological polar surface area (TPSA) is 72.2 Å². The van der Waals surface area contributed by atoms with E-state index in [0.717, 1.165) is 31.5 Å². The summed E-state index contributed by atoms with van der Waals surface area (Å²) < 4.78 is 0. The second-order valence-corrected chi connectivity index (χ2v) is 6.34. The molecule has 0 fully saturated rings. The summed E-state index contributed by atoms with van der Waals surface area (Å²) in [6.45, 7) is 3.63. The van der Waals surface area contributed by atoms with Gasteiger partial charge >= 0.3 is 5.69 Å². The molecule has 0 bridgehead atoms. The van der Waals surface area contributed by atoms with Gasteiger partial charge in [-0.2, -0.15) is 0 Å². The molecular weight excluding hydrogens is 324 g/mol. The standard InChI is InChI=1S/C17H23N4O2S/c1-2-3-4-5-6-11-20(12-9-15-13-24-14-19-15)17-16(21(22)23)8-7-10-18-17/h7-8,10,13H,2-6,9,11-12H2,1H3. The van der Waals surface area contributed by atoms with Crippen molar-refractivity contribution in [1.29, 1.82) is 0 Å². The number of anilines is 1. The van der Waals surface area contributed by atoms with Crippen molar-refractivity contribution in [3.05, 3.63) is 45.0 Å². The molecule has 0 saturated carbocycles. The van der Waals surface area contributed by atoms with Crippen LogP contribution >= 0.6 is 11.3 Å². The first-order valence-electron chi connectivity index (χ1n) is 8.37. The highest BCUT2D eigenvalue weighted by Crippen LogP contribution is 2.25. The summed E-state index contributed by atoms with van der Waals surface area (Å²) >= 11 is 1.44. The zero-order chi connectivity index (χ0) is 17.2. The van der Waals surface area contributed by atoms with E-state index in [1.54, 1.807) is 12.3 Å². The van der Waals surface area contributed by atoms with Gasteiger partial charge in [0.05, 0.1) is 10.6 Å². The molecule has 0 atom stereocenters. The molecule has 0 unspecified atom stereocenters. The van der Waals surface area contributed by atoms with Gasteiger partial charge in [0, 0.05) is 37.2 Å². The van der Waals surface area contributed by atoms with E-state index in [-0.39, 0.29) is 10.6 Å². The molecule has 2 rings (SSSR count). The molecule has 2 aromatic rings. The van der Waals surface area contributed by atoms with Gasteiger partial charge in [0.1, 0.15) is 0 Å². The molecule has 2 heterocycles. The monoisotopic (exact) mass is 347 g/mol. The maximum absolute atomic E-state index is 11.3. The van der Waals surface area contributed by atoms with Gasteiger partial charge in [-0.3, -0.25) is 10.1 Å². The second kappa shape index (κ2) is 9.97. The zero-order valence-electron chi connectivity index (χ0n) is 14.0. The molecule has 6 nitrogen and oxygen atoms in total. The third-order valence-electron chi connectivity index (χ3n) is 3.87. The Morgan fingerprint density at radius 2 is 2.12 bits per heavy atom. The molecule has 0 saturated heterocycles. The predicted molar refractivity (Wildman–Crippen MR) is 96.5 cm³/mol. The smallest absolute Gasteiger partial charge is 0.311 e. The van der Waals surface area contributed by atoms with Gasteiger partial charge in [-0.25, -0.2) is 9.97 Å². The fourth-order valence-electron chi connectivity index (χ4n) is 2.57. The number of hydrogen-bond acceptors (Lipinski definition) is 6. The van der Waals surface area contributed by atoms with Crippen LogP contribution in [0.1, 0.15) is 44.7 Å². The molecule has 0 aromatic carbocycles. The molecule has 7 heteroatoms. The van der Waals surface area contributed by atoms with Crippen LogP contribution in [0, 0.1) is 15.6 Å². The number of aromatic nitrogens is 2. The SMILES string of the molecule is CCCCCCCN(CCc1cs[c]n1)c1ncccc1[N+](=O)[O-]. The number of nitrogens with zero attached hydrogens (tertiary/aromatic N) is 4. The first-order valence-corrected chi connectivity index (χ1v) is 9.25. The number of rotatable bonds is 11. The lowest BCUT2D eigenvalue weighted by Crippen LogP contribution is -2.28. The molecule has 0 spiro atoms. The van der Waals surface area contributed by atoms with Crippen molar-refractivity contribution in [3.8, 4) is 0 Å². The van der Waals surface area contributed by atoms with E-state index in [2.05, 4.69) is 22.4 Å². The van der Waals surface area contributed by atoms with Crippen LogP contribution < -0.4 is 4.90 Å². The lowest BCUT2D eigenvalue weighted by Gasteiger charge is -2.23. The van der Waals surface area contributed by atoms with E-state index in [0.29, 0.717) is 12.4 Å². The van der Waals surface area contributed by atoms with E-state index in [1.165, 1.54) is 36.7 Å². The Kier molecular flexibility index (Phi) is 7.61. The summed E-state index contributed by atoms with van der Waals surface area (Å²) in [5.41, 5.74) is 3.87. The Morgan fingerprint density at radius 3 is 2.83 bits per heavy atom. The number of pyridine rings is 1. The Balaban J connectivity index is 2.05. The van der Waals surface area contributed by atoms with Crippen LogP contribution in [-0.2, 0) is 6.42 Å². The molecule has 0 N–H and O–H groups in total. The minimum absolute atomic E-state index is 0.0656. The minimum Gasteiger partial charge on any atom is -0.351 e. The average molecular weight is 347 g/mol. The zero-order valence-corrected chi connectivity index (χ0v) is 14.8. The molecule has 2 aromatic heterocycles. The Labute approximate surface area is 146 Å². The maximum Gasteiger partial charge on any atom is 0.311 e. The van der Waals surface area contributed by atoms with Gasteiger partial charge < -0.3 is 4.90 Å². The van der Waals surface area contributed by atoms with Crippen molar-refractivity contribution in [2.45, 2.75) is 45.4 Å². The number of thiazole rings is 1. The highest BCUT2D eigenvalue weighted by molar-refractivity contribution is 7.07. The van der Waals surface area contributed by atoms with E-state index in [9.17, 15) is 10.1 Å². The van der Waals surface area contributed by atoms with E-state index < -0.39 is 0 Å². The van der Waals surface area contributed by atoms with Crippen LogP contribution in [0.25, 0.3) is 0 Å². The van der Waals surface area contributed by atoms with Crippen LogP contribution in [0.5, 0.6) is 0 Å². The van der Waals surface area contributed by atoms with Crippen molar-refractivity contribution in [1.82, 2.24) is 9.97 Å². The van der Waals surface area contributed by atoms with E-state index >= 15 is 0 Å². The highest BCUT2D eigenvalue weighted by atomic mass is 32.1. The molecule has 0 amide bonds. The van der Waals surface area contributed by atoms with Gasteiger partial charge in [0.2, 0.25) is 5.82 Å². The van der Waals surface area contributed by atoms with Crippen molar-refractivity contribution in [3.63, 3.8) is 0 Å². The van der Waals surface area contributed by atoms with Gasteiger partial charge in [-0.1, -0.05) is 32.6 Å². The van der Waals surface area contributed by atoms with Crippen molar-refractivity contribution in [2.24, 2.45) is 0 Å². The number of nitro groups is 1. The van der Waals surface area contributed by atoms with Crippen LogP contribution in [0.2, 0.25) is 0 Å². The number of unbranched alkanes of at least 4 members (excludes halogenated alkanes) is 4. The van der Waals surface area contributed by atoms with Crippen LogP contribution in [0.3, 0.4) is 0 Å². The Hall–Kier alpha value is -2.02. The predicted octanol–water partition coefficient (Wildman–Crippen LogP) is 4.27. The fourth-order valence-corrected chi connectivity index (χ4v) is 3.10. The fraction of sp³-hybridized carbons (Fsp3) is 0.529. The molecule has 0 aliphatic carbocycles. The molecule has 0 aliphatic rings. The molecule has 1 radical (unpaired) electrons. The lowest BCUT2D eigenvalue weighted by molar-refractivity contribution is -0.384. The van der Waals surface area contributed by atoms with Crippen molar-refractivity contribution < 1.29 is 4.92 Å². The van der Waals surface area contributed by atoms with Crippen LogP contribution in [0.15, 0.2) is 23.7 Å². The quantitative estimate of drug-likeness (QED) is 0.345. The minimum atomic E-state index is -0.358. The molecule has 0 aliphatic heterocycles. The van der Waals surface area contributed by atoms with E-state index in [1.807, 2.05) is 10.3 Å². The van der Waals surface area contributed by atoms with Crippen LogP contribution in [-0.4, -0.2) is 28.0 Å². The number of hydrogen-bond donors (Lipinski definition) is 0. The highest BCUT2D eigenvalue weighted by Gasteiger charge is 2.20. The molecular formula is C17H23N4O2S. The van der Waals surface area contributed by atoms with Gasteiger partial charge in [-0.15, -0.1) is 11.3 Å². The van der Waals surface area contributed by atoms with E-state index in [4.69, 9.17) is 0 Å². The normalized spacial score (nSPS) is 10.7. The third-order valence-corrected chi connectivity index (χ3v) is 4.46. The molecule has 129 valence electrons. The largest absolute Gasteiger partial charge is 0.351 e. The molecule has 24 heavy (non-hydrogen) atoms. The summed E-state index contributed by atoms with van der Waals surface area (Å²) in [5, 5.41) is 13.3. The van der Waals surface area contributed by atoms with Crippen LogP contribution in [0.4, 0.5) is 11.5 Å². The summed E-state index contributed by atoms with van der Waals surface area (Å²) in [4.78, 5) is 21.4. The third kappa shape index (κ3) is 5.56. The summed E-state index contributed by atoms with van der Waals surface area (Å²) in [6, 6.07) is 3.12. The van der Waals surface area contributed by atoms with Gasteiger partial charge in [-0.05, 0) is 12.5 Å². The van der Waals surface area contributed by atoms with Gasteiger partial charge in [0.25, 0.3) is 0 Å². The Morgan fingerprint density at radius 1 is 1.29 bits per heavy atom.